The summed E-state index contributed by atoms with van der Waals surface area (Å²) in [5, 5.41) is 16.8. The molecule has 3 heterocycles. The first-order chi connectivity index (χ1) is 17.5. The van der Waals surface area contributed by atoms with Crippen molar-refractivity contribution in [1.82, 2.24) is 15.5 Å². The predicted molar refractivity (Wildman–Crippen MR) is 143 cm³/mol. The van der Waals surface area contributed by atoms with Crippen molar-refractivity contribution in [3.63, 3.8) is 0 Å². The van der Waals surface area contributed by atoms with Crippen LogP contribution in [-0.4, -0.2) is 78.5 Å². The Labute approximate surface area is 221 Å². The molecule has 8 heteroatoms. The number of amides is 2. The molecule has 0 aromatic heterocycles. The molecule has 4 bridgehead atoms. The number of hydrogen-bond acceptors (Lipinski definition) is 6. The standard InChI is InChI=1S/C29H45N3O5/c1-18(2)19-6-8-22-25(14-19)36-13-10-21-7-9-24(33)26(37-21)16-30-28(35)23-15-20(31-27(22)34)17-32(23)12-11-29(3,4)5/h6,8,14,18,20-21,23-24,26,33H,7,9-13,15-17H2,1-5H3,(H,30,35)(H,31,34)/t20-,21-,23-,24-,26+/m0/s1. The zero-order valence-corrected chi connectivity index (χ0v) is 23.1. The van der Waals surface area contributed by atoms with E-state index < -0.39 is 12.2 Å². The van der Waals surface area contributed by atoms with E-state index in [1.807, 2.05) is 18.2 Å². The van der Waals surface area contributed by atoms with Crippen molar-refractivity contribution >= 4 is 11.8 Å². The Kier molecular flexibility index (Phi) is 8.81. The molecule has 3 aliphatic heterocycles. The lowest BCUT2D eigenvalue weighted by Gasteiger charge is -2.34. The monoisotopic (exact) mass is 515 g/mol. The van der Waals surface area contributed by atoms with Gasteiger partial charge in [-0.1, -0.05) is 40.7 Å². The van der Waals surface area contributed by atoms with E-state index in [0.29, 0.717) is 49.6 Å². The second-order valence-electron chi connectivity index (χ2n) is 12.5. The van der Waals surface area contributed by atoms with Crippen molar-refractivity contribution in [2.75, 3.05) is 26.2 Å². The Hall–Kier alpha value is -2.16. The minimum Gasteiger partial charge on any atom is -0.493 e. The number of nitrogens with one attached hydrogen (secondary N) is 2. The molecule has 2 amide bonds. The molecule has 3 N–H and O–H groups in total. The van der Waals surface area contributed by atoms with E-state index in [0.717, 1.165) is 24.9 Å². The van der Waals surface area contributed by atoms with Crippen LogP contribution >= 0.6 is 0 Å². The highest BCUT2D eigenvalue weighted by molar-refractivity contribution is 5.97. The number of hydrogen-bond donors (Lipinski definition) is 3. The number of benzene rings is 1. The molecule has 2 fully saturated rings. The molecule has 3 aliphatic rings. The number of likely N-dealkylation sites (tertiary alicyclic amines) is 1. The Morgan fingerprint density at radius 1 is 1.16 bits per heavy atom. The lowest BCUT2D eigenvalue weighted by Crippen LogP contribution is -2.50. The van der Waals surface area contributed by atoms with Crippen LogP contribution in [0.15, 0.2) is 18.2 Å². The average molecular weight is 516 g/mol. The first-order valence-corrected chi connectivity index (χ1v) is 13.9. The van der Waals surface area contributed by atoms with Crippen LogP contribution in [0.4, 0.5) is 0 Å². The van der Waals surface area contributed by atoms with Crippen molar-refractivity contribution in [1.29, 1.82) is 0 Å². The summed E-state index contributed by atoms with van der Waals surface area (Å²) in [4.78, 5) is 28.9. The Bertz CT molecular complexity index is 959. The van der Waals surface area contributed by atoms with Crippen LogP contribution in [0, 0.1) is 5.41 Å². The number of aliphatic hydroxyl groups excluding tert-OH is 1. The highest BCUT2D eigenvalue weighted by Gasteiger charge is 2.39. The fourth-order valence-electron chi connectivity index (χ4n) is 5.44. The third-order valence-electron chi connectivity index (χ3n) is 7.86. The summed E-state index contributed by atoms with van der Waals surface area (Å²) in [6.07, 6.45) is 2.40. The topological polar surface area (TPSA) is 100 Å². The minimum absolute atomic E-state index is 0.0667. The Morgan fingerprint density at radius 3 is 2.68 bits per heavy atom. The van der Waals surface area contributed by atoms with Gasteiger partial charge < -0.3 is 25.2 Å². The van der Waals surface area contributed by atoms with E-state index in [2.05, 4.69) is 50.2 Å². The van der Waals surface area contributed by atoms with Gasteiger partial charge in [0.05, 0.1) is 30.4 Å². The molecule has 4 rings (SSSR count). The van der Waals surface area contributed by atoms with Crippen molar-refractivity contribution in [3.8, 4) is 5.75 Å². The molecule has 2 saturated heterocycles. The summed E-state index contributed by atoms with van der Waals surface area (Å²) in [7, 11) is 0. The molecule has 206 valence electrons. The van der Waals surface area contributed by atoms with Crippen LogP contribution in [-0.2, 0) is 9.53 Å². The summed E-state index contributed by atoms with van der Waals surface area (Å²) in [5.74, 6) is 0.657. The number of nitrogens with zero attached hydrogens (tertiary/aromatic N) is 1. The molecule has 0 saturated carbocycles. The first-order valence-electron chi connectivity index (χ1n) is 13.9. The number of carbonyl (C=O) groups excluding carboxylic acids is 2. The molecular weight excluding hydrogens is 470 g/mol. The van der Waals surface area contributed by atoms with Gasteiger partial charge in [-0.15, -0.1) is 0 Å². The molecule has 0 radical (unpaired) electrons. The fraction of sp³-hybridized carbons (Fsp3) is 0.724. The Balaban J connectivity index is 1.60. The van der Waals surface area contributed by atoms with Crippen LogP contribution < -0.4 is 15.4 Å². The second kappa shape index (κ2) is 11.7. The van der Waals surface area contributed by atoms with Gasteiger partial charge in [-0.3, -0.25) is 14.5 Å². The summed E-state index contributed by atoms with van der Waals surface area (Å²) >= 11 is 0. The summed E-state index contributed by atoms with van der Waals surface area (Å²) in [6, 6.07) is 5.33. The number of ether oxygens (including phenoxy) is 2. The molecule has 0 unspecified atom stereocenters. The molecule has 5 atom stereocenters. The number of rotatable bonds is 3. The van der Waals surface area contributed by atoms with Gasteiger partial charge in [0.2, 0.25) is 5.91 Å². The molecule has 37 heavy (non-hydrogen) atoms. The van der Waals surface area contributed by atoms with E-state index in [4.69, 9.17) is 9.47 Å². The van der Waals surface area contributed by atoms with E-state index >= 15 is 0 Å². The third-order valence-corrected chi connectivity index (χ3v) is 7.86. The first kappa shape index (κ1) is 27.9. The van der Waals surface area contributed by atoms with Crippen LogP contribution in [0.3, 0.4) is 0 Å². The normalized spacial score (nSPS) is 29.9. The largest absolute Gasteiger partial charge is 0.493 e. The zero-order chi connectivity index (χ0) is 26.7. The van der Waals surface area contributed by atoms with Gasteiger partial charge in [-0.25, -0.2) is 0 Å². The van der Waals surface area contributed by atoms with E-state index in [1.54, 1.807) is 0 Å². The highest BCUT2D eigenvalue weighted by Crippen LogP contribution is 2.29. The van der Waals surface area contributed by atoms with Crippen molar-refractivity contribution in [2.24, 2.45) is 5.41 Å². The van der Waals surface area contributed by atoms with Gasteiger partial charge in [0.25, 0.3) is 5.91 Å². The molecule has 1 aromatic carbocycles. The van der Waals surface area contributed by atoms with E-state index in [-0.39, 0.29) is 42.0 Å². The predicted octanol–water partition coefficient (Wildman–Crippen LogP) is 3.23. The summed E-state index contributed by atoms with van der Waals surface area (Å²) in [5.41, 5.74) is 1.77. The average Bonchev–Trinajstić information content (AvgIpc) is 3.24. The van der Waals surface area contributed by atoms with Crippen molar-refractivity contribution in [2.45, 2.75) is 103 Å². The van der Waals surface area contributed by atoms with E-state index in [9.17, 15) is 14.7 Å². The molecular formula is C29H45N3O5. The maximum Gasteiger partial charge on any atom is 0.255 e. The SMILES string of the molecule is CC(C)c1ccc2c(c1)OCC[C@@H]1CC[C@H](O)[C@@H](CNC(=O)[C@@H]3C[C@@H](CN3CCC(C)(C)C)NC2=O)O1. The van der Waals surface area contributed by atoms with Gasteiger partial charge in [0.15, 0.2) is 0 Å². The van der Waals surface area contributed by atoms with Crippen LogP contribution in [0.1, 0.15) is 88.6 Å². The van der Waals surface area contributed by atoms with Gasteiger partial charge >= 0.3 is 0 Å². The maximum atomic E-state index is 13.4. The summed E-state index contributed by atoms with van der Waals surface area (Å²) < 4.78 is 12.4. The van der Waals surface area contributed by atoms with Gasteiger partial charge in [0.1, 0.15) is 11.9 Å². The van der Waals surface area contributed by atoms with Crippen molar-refractivity contribution < 1.29 is 24.2 Å². The van der Waals surface area contributed by atoms with E-state index in [1.165, 1.54) is 0 Å². The third kappa shape index (κ3) is 7.24. The molecule has 0 spiro atoms. The highest BCUT2D eigenvalue weighted by atomic mass is 16.5. The summed E-state index contributed by atoms with van der Waals surface area (Å²) in [6.45, 7) is 12.9. The van der Waals surface area contributed by atoms with Crippen molar-refractivity contribution in [3.05, 3.63) is 29.3 Å². The number of aliphatic hydroxyl groups is 1. The number of fused-ring (bicyclic) bond motifs is 5. The van der Waals surface area contributed by atoms with Crippen LogP contribution in [0.2, 0.25) is 0 Å². The van der Waals surface area contributed by atoms with Crippen LogP contribution in [0.25, 0.3) is 0 Å². The molecule has 0 aliphatic carbocycles. The molecule has 8 nitrogen and oxygen atoms in total. The van der Waals surface area contributed by atoms with Crippen LogP contribution in [0.5, 0.6) is 5.75 Å². The Morgan fingerprint density at radius 2 is 1.95 bits per heavy atom. The minimum atomic E-state index is -0.599. The molecule has 1 aromatic rings. The lowest BCUT2D eigenvalue weighted by atomic mass is 9.92. The smallest absolute Gasteiger partial charge is 0.255 e. The van der Waals surface area contributed by atoms with Gasteiger partial charge in [-0.05, 0) is 61.3 Å². The lowest BCUT2D eigenvalue weighted by molar-refractivity contribution is -0.133. The fourth-order valence-corrected chi connectivity index (χ4v) is 5.44. The van der Waals surface area contributed by atoms with Gasteiger partial charge in [-0.2, -0.15) is 0 Å². The quantitative estimate of drug-likeness (QED) is 0.572. The zero-order valence-electron chi connectivity index (χ0n) is 23.1. The second-order valence-corrected chi connectivity index (χ2v) is 12.5. The number of carbonyl (C=O) groups is 2. The van der Waals surface area contributed by atoms with Gasteiger partial charge in [0, 0.05) is 25.6 Å². The maximum absolute atomic E-state index is 13.4.